The van der Waals surface area contributed by atoms with E-state index in [9.17, 15) is 19.5 Å². The highest BCUT2D eigenvalue weighted by Gasteiger charge is 2.30. The van der Waals surface area contributed by atoms with Crippen LogP contribution in [-0.2, 0) is 11.2 Å². The molecule has 2 aliphatic rings. The first-order valence-electron chi connectivity index (χ1n) is 12.7. The summed E-state index contributed by atoms with van der Waals surface area (Å²) in [4.78, 5) is 42.4. The predicted molar refractivity (Wildman–Crippen MR) is 142 cm³/mol. The van der Waals surface area contributed by atoms with Crippen LogP contribution in [0.5, 0.6) is 5.75 Å². The van der Waals surface area contributed by atoms with Crippen LogP contribution in [0.2, 0.25) is 0 Å². The summed E-state index contributed by atoms with van der Waals surface area (Å²) in [6.45, 7) is 7.90. The molecule has 8 nitrogen and oxygen atoms in total. The number of benzene rings is 1. The zero-order valence-electron chi connectivity index (χ0n) is 21.3. The smallest absolute Gasteiger partial charge is 0.341 e. The maximum Gasteiger partial charge on any atom is 0.341 e. The average Bonchev–Trinajstić information content (AvgIpc) is 3.41. The monoisotopic (exact) mass is 521 g/mol. The van der Waals surface area contributed by atoms with Crippen molar-refractivity contribution in [2.45, 2.75) is 46.1 Å². The minimum atomic E-state index is -1.21. The Balaban J connectivity index is 1.53. The number of piperidine rings is 1. The number of amides is 1. The van der Waals surface area contributed by atoms with Gasteiger partial charge in [-0.1, -0.05) is 13.8 Å². The van der Waals surface area contributed by atoms with Crippen molar-refractivity contribution < 1.29 is 19.4 Å². The van der Waals surface area contributed by atoms with Gasteiger partial charge in [-0.15, -0.1) is 11.3 Å². The van der Waals surface area contributed by atoms with E-state index in [4.69, 9.17) is 4.74 Å². The van der Waals surface area contributed by atoms with Crippen LogP contribution in [0.25, 0.3) is 21.8 Å². The zero-order valence-corrected chi connectivity index (χ0v) is 22.1. The molecule has 0 bridgehead atoms. The Morgan fingerprint density at radius 3 is 2.57 bits per heavy atom. The lowest BCUT2D eigenvalue weighted by atomic mass is 9.86. The van der Waals surface area contributed by atoms with Crippen LogP contribution in [-0.4, -0.2) is 51.1 Å². The average molecular weight is 522 g/mol. The largest absolute Gasteiger partial charge is 0.493 e. The van der Waals surface area contributed by atoms with Gasteiger partial charge in [-0.05, 0) is 48.8 Å². The number of fused-ring (bicyclic) bond motifs is 3. The highest BCUT2D eigenvalue weighted by Crippen LogP contribution is 2.43. The Kier molecular flexibility index (Phi) is 6.90. The van der Waals surface area contributed by atoms with Gasteiger partial charge < -0.3 is 19.3 Å². The van der Waals surface area contributed by atoms with Gasteiger partial charge in [-0.2, -0.15) is 0 Å². The second kappa shape index (κ2) is 10.1. The minimum absolute atomic E-state index is 0.00988. The molecule has 0 saturated carbocycles. The van der Waals surface area contributed by atoms with Gasteiger partial charge in [0.1, 0.15) is 16.3 Å². The summed E-state index contributed by atoms with van der Waals surface area (Å²) in [7, 11) is 0. The first kappa shape index (κ1) is 25.2. The SMILES string of the molecule is CC(=O)N1CCC(COc2cc3c(cc2-c2nccs2)-c2cc(=O)c(C(=O)O)cn2C(C(C)C)C3)CC1. The van der Waals surface area contributed by atoms with Crippen molar-refractivity contribution in [3.63, 3.8) is 0 Å². The summed E-state index contributed by atoms with van der Waals surface area (Å²) in [5.74, 6) is 0.270. The molecule has 1 fully saturated rings. The number of hydrogen-bond acceptors (Lipinski definition) is 6. The maximum atomic E-state index is 12.7. The number of nitrogens with zero attached hydrogens (tertiary/aromatic N) is 3. The van der Waals surface area contributed by atoms with Gasteiger partial charge in [0, 0.05) is 55.5 Å². The van der Waals surface area contributed by atoms with Gasteiger partial charge in [0.2, 0.25) is 5.91 Å². The van der Waals surface area contributed by atoms with E-state index in [-0.39, 0.29) is 23.4 Å². The van der Waals surface area contributed by atoms with Crippen LogP contribution in [0.1, 0.15) is 55.6 Å². The van der Waals surface area contributed by atoms with Crippen LogP contribution in [0, 0.1) is 11.8 Å². The van der Waals surface area contributed by atoms with E-state index in [1.807, 2.05) is 20.9 Å². The third-order valence-corrected chi connectivity index (χ3v) is 8.35. The molecule has 2 aromatic heterocycles. The molecule has 4 heterocycles. The Bertz CT molecular complexity index is 1390. The van der Waals surface area contributed by atoms with Gasteiger partial charge >= 0.3 is 5.97 Å². The van der Waals surface area contributed by atoms with Crippen LogP contribution < -0.4 is 10.2 Å². The van der Waals surface area contributed by atoms with E-state index in [2.05, 4.69) is 24.9 Å². The summed E-state index contributed by atoms with van der Waals surface area (Å²) in [5.41, 5.74) is 2.84. The topological polar surface area (TPSA) is 102 Å². The molecule has 2 aliphatic heterocycles. The van der Waals surface area contributed by atoms with E-state index in [1.54, 1.807) is 13.1 Å². The van der Waals surface area contributed by atoms with Gasteiger partial charge in [0.15, 0.2) is 5.43 Å². The minimum Gasteiger partial charge on any atom is -0.493 e. The summed E-state index contributed by atoms with van der Waals surface area (Å²) in [5, 5.41) is 12.3. The Morgan fingerprint density at radius 2 is 1.95 bits per heavy atom. The Labute approximate surface area is 219 Å². The standard InChI is InChI=1S/C28H31N3O5S/c1-16(2)23-10-19-11-26(36-15-18-4-7-30(8-5-18)17(3)32)21(27-29-6-9-37-27)12-20(19)24-13-25(33)22(28(34)35)14-31(23)24/h6,9,11-14,16,18,23H,4-5,7-8,10,15H2,1-3H3,(H,34,35). The number of thiazole rings is 1. The summed E-state index contributed by atoms with van der Waals surface area (Å²) in [6.07, 6.45) is 5.78. The molecule has 1 amide bonds. The molecular formula is C28H31N3O5S. The number of carboxylic acid groups (broad SMARTS) is 1. The highest BCUT2D eigenvalue weighted by molar-refractivity contribution is 7.13. The van der Waals surface area contributed by atoms with Crippen molar-refractivity contribution in [2.75, 3.05) is 19.7 Å². The number of hydrogen-bond donors (Lipinski definition) is 1. The molecule has 9 heteroatoms. The van der Waals surface area contributed by atoms with E-state index < -0.39 is 11.4 Å². The summed E-state index contributed by atoms with van der Waals surface area (Å²) in [6, 6.07) is 5.57. The molecule has 1 aromatic carbocycles. The number of pyridine rings is 1. The normalized spacial score (nSPS) is 17.4. The molecule has 1 unspecified atom stereocenters. The molecular weight excluding hydrogens is 490 g/mol. The number of aromatic carboxylic acids is 1. The van der Waals surface area contributed by atoms with Crippen LogP contribution in [0.15, 0.2) is 40.8 Å². The number of carbonyl (C=O) groups is 2. The van der Waals surface area contributed by atoms with Crippen molar-refractivity contribution in [3.05, 3.63) is 57.3 Å². The van der Waals surface area contributed by atoms with Gasteiger partial charge in [-0.3, -0.25) is 9.59 Å². The van der Waals surface area contributed by atoms with E-state index in [0.29, 0.717) is 18.9 Å². The molecule has 1 atom stereocenters. The van der Waals surface area contributed by atoms with Crippen LogP contribution in [0.4, 0.5) is 0 Å². The molecule has 1 saturated heterocycles. The number of aromatic nitrogens is 2. The quantitative estimate of drug-likeness (QED) is 0.503. The Morgan fingerprint density at radius 1 is 1.19 bits per heavy atom. The van der Waals surface area contributed by atoms with Gasteiger partial charge in [0.05, 0.1) is 17.9 Å². The lowest BCUT2D eigenvalue weighted by Gasteiger charge is -2.34. The van der Waals surface area contributed by atoms with Crippen molar-refractivity contribution >= 4 is 23.2 Å². The van der Waals surface area contributed by atoms with Crippen LogP contribution >= 0.6 is 11.3 Å². The third-order valence-electron chi connectivity index (χ3n) is 7.54. The first-order chi connectivity index (χ1) is 17.7. The van der Waals surface area contributed by atoms with Crippen LogP contribution in [0.3, 0.4) is 0 Å². The van der Waals surface area contributed by atoms with E-state index >= 15 is 0 Å². The van der Waals surface area contributed by atoms with Crippen molar-refractivity contribution in [1.82, 2.24) is 14.5 Å². The molecule has 0 spiro atoms. The molecule has 0 aliphatic carbocycles. The summed E-state index contributed by atoms with van der Waals surface area (Å²) >= 11 is 1.52. The van der Waals surface area contributed by atoms with Crippen molar-refractivity contribution in [2.24, 2.45) is 11.8 Å². The predicted octanol–water partition coefficient (Wildman–Crippen LogP) is 4.73. The van der Waals surface area contributed by atoms with E-state index in [1.165, 1.54) is 23.6 Å². The number of likely N-dealkylation sites (tertiary alicyclic amines) is 1. The van der Waals surface area contributed by atoms with Crippen molar-refractivity contribution in [3.8, 4) is 27.6 Å². The summed E-state index contributed by atoms with van der Waals surface area (Å²) < 4.78 is 8.39. The first-order valence-corrected chi connectivity index (χ1v) is 13.6. The van der Waals surface area contributed by atoms with Crippen molar-refractivity contribution in [1.29, 1.82) is 0 Å². The molecule has 3 aromatic rings. The molecule has 0 radical (unpaired) electrons. The second-order valence-electron chi connectivity index (χ2n) is 10.3. The highest BCUT2D eigenvalue weighted by atomic mass is 32.1. The third kappa shape index (κ3) is 4.92. The number of carboxylic acids is 1. The fourth-order valence-corrected chi connectivity index (χ4v) is 6.03. The number of carbonyl (C=O) groups excluding carboxylic acids is 1. The van der Waals surface area contributed by atoms with E-state index in [0.717, 1.165) is 59.1 Å². The number of rotatable bonds is 6. The molecule has 37 heavy (non-hydrogen) atoms. The molecule has 5 rings (SSSR count). The second-order valence-corrected chi connectivity index (χ2v) is 11.2. The molecule has 1 N–H and O–H groups in total. The van der Waals surface area contributed by atoms with Gasteiger partial charge in [-0.25, -0.2) is 9.78 Å². The fraction of sp³-hybridized carbons (Fsp3) is 0.429. The number of ether oxygens (including phenoxy) is 1. The lowest BCUT2D eigenvalue weighted by Crippen LogP contribution is -2.38. The molecule has 194 valence electrons. The Hall–Kier alpha value is -3.46. The van der Waals surface area contributed by atoms with Gasteiger partial charge in [0.25, 0.3) is 0 Å². The lowest BCUT2D eigenvalue weighted by molar-refractivity contribution is -0.130. The fourth-order valence-electron chi connectivity index (χ4n) is 5.38. The maximum absolute atomic E-state index is 12.7. The zero-order chi connectivity index (χ0) is 26.3.